The van der Waals surface area contributed by atoms with Gasteiger partial charge >= 0.3 is 0 Å². The highest BCUT2D eigenvalue weighted by Crippen LogP contribution is 2.23. The number of hydrogen-bond donors (Lipinski definition) is 2. The van der Waals surface area contributed by atoms with Crippen LogP contribution in [0.15, 0.2) is 60.7 Å². The molecule has 1 aromatic heterocycles. The number of fused-ring (bicyclic) bond motifs is 1. The highest BCUT2D eigenvalue weighted by molar-refractivity contribution is 7.80. The van der Waals surface area contributed by atoms with Crippen LogP contribution in [0.2, 0.25) is 0 Å². The van der Waals surface area contributed by atoms with Gasteiger partial charge in [-0.25, -0.2) is 0 Å². The van der Waals surface area contributed by atoms with E-state index in [1.165, 1.54) is 5.56 Å². The van der Waals surface area contributed by atoms with Gasteiger partial charge in [0.05, 0.1) is 5.69 Å². The first-order chi connectivity index (χ1) is 15.3. The number of thiocarbonyl (C=S) groups is 1. The highest BCUT2D eigenvalue weighted by atomic mass is 32.1. The molecule has 0 aliphatic rings. The van der Waals surface area contributed by atoms with Crippen LogP contribution in [-0.4, -0.2) is 26.0 Å². The summed E-state index contributed by atoms with van der Waals surface area (Å²) in [6, 6.07) is 19.5. The molecule has 0 bridgehead atoms. The van der Waals surface area contributed by atoms with E-state index in [4.69, 9.17) is 12.2 Å². The zero-order valence-corrected chi connectivity index (χ0v) is 19.3. The van der Waals surface area contributed by atoms with Crippen molar-refractivity contribution in [1.82, 2.24) is 20.3 Å². The van der Waals surface area contributed by atoms with Gasteiger partial charge in [0.15, 0.2) is 5.11 Å². The fourth-order valence-electron chi connectivity index (χ4n) is 3.46. The van der Waals surface area contributed by atoms with Crippen molar-refractivity contribution >= 4 is 40.0 Å². The van der Waals surface area contributed by atoms with Crippen LogP contribution in [0, 0.1) is 13.8 Å². The normalized spacial score (nSPS) is 11.0. The van der Waals surface area contributed by atoms with E-state index in [0.717, 1.165) is 33.5 Å². The molecule has 162 valence electrons. The van der Waals surface area contributed by atoms with Gasteiger partial charge in [-0.1, -0.05) is 44.2 Å². The molecule has 32 heavy (non-hydrogen) atoms. The SMILES string of the molecule is Cc1cc2nn(-c3ccc(C(C)C)cc3)nc2cc1NC(=S)NC(=O)c1ccccc1C. The standard InChI is InChI=1S/C25H25N5OS/c1-15(2)18-9-11-19(12-10-18)30-28-22-13-17(4)21(14-23(22)29-30)26-25(32)27-24(31)20-8-6-5-7-16(20)3/h5-15H,1-4H3,(H2,26,27,31,32). The molecular formula is C25H25N5OS. The molecule has 0 radical (unpaired) electrons. The Hall–Kier alpha value is -3.58. The lowest BCUT2D eigenvalue weighted by Gasteiger charge is -2.12. The molecule has 0 saturated heterocycles. The quantitative estimate of drug-likeness (QED) is 0.420. The van der Waals surface area contributed by atoms with Crippen molar-refractivity contribution in [3.8, 4) is 5.69 Å². The monoisotopic (exact) mass is 443 g/mol. The Morgan fingerprint density at radius 2 is 1.59 bits per heavy atom. The zero-order chi connectivity index (χ0) is 22.8. The Morgan fingerprint density at radius 1 is 0.938 bits per heavy atom. The fourth-order valence-corrected chi connectivity index (χ4v) is 3.66. The minimum atomic E-state index is -0.241. The number of benzene rings is 3. The van der Waals surface area contributed by atoms with Crippen molar-refractivity contribution in [1.29, 1.82) is 0 Å². The number of anilines is 1. The largest absolute Gasteiger partial charge is 0.332 e. The predicted molar refractivity (Wildman–Crippen MR) is 133 cm³/mol. The molecule has 4 rings (SSSR count). The molecule has 1 heterocycles. The molecule has 6 nitrogen and oxygen atoms in total. The number of aryl methyl sites for hydroxylation is 2. The molecule has 2 N–H and O–H groups in total. The number of nitrogens with one attached hydrogen (secondary N) is 2. The van der Waals surface area contributed by atoms with Gasteiger partial charge in [-0.05, 0) is 79.0 Å². The Labute approximate surface area is 192 Å². The summed E-state index contributed by atoms with van der Waals surface area (Å²) in [5, 5.41) is 15.3. The summed E-state index contributed by atoms with van der Waals surface area (Å²) in [6.45, 7) is 8.19. The molecule has 4 aromatic rings. The van der Waals surface area contributed by atoms with E-state index in [2.05, 4.69) is 46.8 Å². The van der Waals surface area contributed by atoms with E-state index in [0.29, 0.717) is 11.5 Å². The molecule has 0 atom stereocenters. The average molecular weight is 444 g/mol. The van der Waals surface area contributed by atoms with Crippen LogP contribution in [-0.2, 0) is 0 Å². The first-order valence-electron chi connectivity index (χ1n) is 10.5. The van der Waals surface area contributed by atoms with Crippen molar-refractivity contribution in [2.24, 2.45) is 0 Å². The van der Waals surface area contributed by atoms with E-state index in [1.807, 2.05) is 56.3 Å². The summed E-state index contributed by atoms with van der Waals surface area (Å²) in [4.78, 5) is 14.2. The summed E-state index contributed by atoms with van der Waals surface area (Å²) < 4.78 is 0. The number of carbonyl (C=O) groups excluding carboxylic acids is 1. The molecular weight excluding hydrogens is 418 g/mol. The second kappa shape index (κ2) is 8.88. The van der Waals surface area contributed by atoms with Crippen LogP contribution < -0.4 is 10.6 Å². The number of rotatable bonds is 4. The van der Waals surface area contributed by atoms with Gasteiger partial charge in [0.2, 0.25) is 0 Å². The Bertz CT molecular complexity index is 1310. The van der Waals surface area contributed by atoms with Crippen molar-refractivity contribution < 1.29 is 4.79 Å². The summed E-state index contributed by atoms with van der Waals surface area (Å²) in [5.74, 6) is 0.232. The molecule has 0 saturated carbocycles. The van der Waals surface area contributed by atoms with Gasteiger partial charge in [0, 0.05) is 11.3 Å². The highest BCUT2D eigenvalue weighted by Gasteiger charge is 2.13. The van der Waals surface area contributed by atoms with Crippen molar-refractivity contribution in [3.05, 3.63) is 82.9 Å². The Morgan fingerprint density at radius 3 is 2.25 bits per heavy atom. The van der Waals surface area contributed by atoms with Crippen LogP contribution in [0.25, 0.3) is 16.7 Å². The molecule has 0 aliphatic heterocycles. The van der Waals surface area contributed by atoms with Gasteiger partial charge in [-0.15, -0.1) is 10.2 Å². The second-order valence-corrected chi connectivity index (χ2v) is 8.52. The first kappa shape index (κ1) is 21.6. The second-order valence-electron chi connectivity index (χ2n) is 8.11. The molecule has 1 amide bonds. The lowest BCUT2D eigenvalue weighted by Crippen LogP contribution is -2.34. The number of hydrogen-bond acceptors (Lipinski definition) is 4. The van der Waals surface area contributed by atoms with Crippen molar-refractivity contribution in [2.75, 3.05) is 5.32 Å². The molecule has 7 heteroatoms. The Kier molecular flexibility index (Phi) is 6.01. The first-order valence-corrected chi connectivity index (χ1v) is 10.9. The predicted octanol–water partition coefficient (Wildman–Crippen LogP) is 5.29. The molecule has 0 aliphatic carbocycles. The van der Waals surface area contributed by atoms with Crippen LogP contribution >= 0.6 is 12.2 Å². The van der Waals surface area contributed by atoms with Crippen LogP contribution in [0.1, 0.15) is 46.8 Å². The van der Waals surface area contributed by atoms with Gasteiger partial charge in [-0.2, -0.15) is 4.80 Å². The number of amides is 1. The van der Waals surface area contributed by atoms with E-state index in [9.17, 15) is 4.79 Å². The third kappa shape index (κ3) is 4.53. The minimum Gasteiger partial charge on any atom is -0.332 e. The third-order valence-corrected chi connectivity index (χ3v) is 5.59. The van der Waals surface area contributed by atoms with E-state index >= 15 is 0 Å². The van der Waals surface area contributed by atoms with Crippen LogP contribution in [0.5, 0.6) is 0 Å². The zero-order valence-electron chi connectivity index (χ0n) is 18.5. The summed E-state index contributed by atoms with van der Waals surface area (Å²) >= 11 is 5.37. The van der Waals surface area contributed by atoms with Gasteiger partial charge in [-0.3, -0.25) is 10.1 Å². The van der Waals surface area contributed by atoms with Gasteiger partial charge in [0.25, 0.3) is 5.91 Å². The maximum absolute atomic E-state index is 12.5. The van der Waals surface area contributed by atoms with Gasteiger partial charge in [0.1, 0.15) is 11.0 Å². The lowest BCUT2D eigenvalue weighted by molar-refractivity contribution is 0.0977. The summed E-state index contributed by atoms with van der Waals surface area (Å²) in [5.41, 5.74) is 6.91. The minimum absolute atomic E-state index is 0.234. The van der Waals surface area contributed by atoms with Crippen LogP contribution in [0.4, 0.5) is 5.69 Å². The molecule has 0 fully saturated rings. The van der Waals surface area contributed by atoms with Crippen molar-refractivity contribution in [2.45, 2.75) is 33.6 Å². The van der Waals surface area contributed by atoms with Crippen molar-refractivity contribution in [3.63, 3.8) is 0 Å². The number of aromatic nitrogens is 3. The summed E-state index contributed by atoms with van der Waals surface area (Å²) in [7, 11) is 0. The average Bonchev–Trinajstić information content (AvgIpc) is 3.17. The third-order valence-electron chi connectivity index (χ3n) is 5.38. The van der Waals surface area contributed by atoms with E-state index in [1.54, 1.807) is 10.9 Å². The topological polar surface area (TPSA) is 71.8 Å². The number of nitrogens with zero attached hydrogens (tertiary/aromatic N) is 3. The summed E-state index contributed by atoms with van der Waals surface area (Å²) in [6.07, 6.45) is 0. The smallest absolute Gasteiger partial charge is 0.257 e. The van der Waals surface area contributed by atoms with E-state index in [-0.39, 0.29) is 11.0 Å². The molecule has 0 unspecified atom stereocenters. The van der Waals surface area contributed by atoms with Gasteiger partial charge < -0.3 is 5.32 Å². The maximum atomic E-state index is 12.5. The Balaban J connectivity index is 1.53. The lowest BCUT2D eigenvalue weighted by atomic mass is 10.0. The molecule has 0 spiro atoms. The van der Waals surface area contributed by atoms with Crippen LogP contribution in [0.3, 0.4) is 0 Å². The number of carbonyl (C=O) groups is 1. The molecule has 3 aromatic carbocycles. The fraction of sp³-hybridized carbons (Fsp3) is 0.200. The van der Waals surface area contributed by atoms with E-state index < -0.39 is 0 Å². The maximum Gasteiger partial charge on any atom is 0.257 e.